The molecule has 0 fully saturated rings. The van der Waals surface area contributed by atoms with Crippen LogP contribution in [0.5, 0.6) is 0 Å². The molecule has 1 unspecified atom stereocenters. The molecule has 1 aromatic carbocycles. The minimum atomic E-state index is 0.0703. The molecule has 0 saturated heterocycles. The van der Waals surface area contributed by atoms with Crippen LogP contribution in [0.1, 0.15) is 58.7 Å². The summed E-state index contributed by atoms with van der Waals surface area (Å²) in [6.07, 6.45) is 2.16. The molecular formula is C18H29NS. The van der Waals surface area contributed by atoms with Gasteiger partial charge in [-0.1, -0.05) is 36.4 Å². The van der Waals surface area contributed by atoms with Gasteiger partial charge in [0.1, 0.15) is 0 Å². The molecule has 112 valence electrons. The van der Waals surface area contributed by atoms with Crippen LogP contribution >= 0.6 is 11.8 Å². The van der Waals surface area contributed by atoms with Gasteiger partial charge in [-0.2, -0.15) is 11.8 Å². The minimum Gasteiger partial charge on any atom is -0.302 e. The number of benzene rings is 1. The molecule has 0 aliphatic carbocycles. The topological polar surface area (TPSA) is 12.0 Å². The lowest BCUT2D eigenvalue weighted by Crippen LogP contribution is -2.39. The molecule has 1 atom stereocenters. The highest BCUT2D eigenvalue weighted by Gasteiger charge is 2.22. The Kier molecular flexibility index (Phi) is 5.51. The Labute approximate surface area is 129 Å². The SMILES string of the molecule is C=C(C)C(NC(C)(C)C)c1ccc(C(C)(C)SC)cc1. The molecule has 2 heteroatoms. The summed E-state index contributed by atoms with van der Waals surface area (Å²) in [6.45, 7) is 17.3. The molecule has 0 saturated carbocycles. The molecule has 1 rings (SSSR count). The molecular weight excluding hydrogens is 262 g/mol. The number of thioether (sulfide) groups is 1. The maximum absolute atomic E-state index is 4.14. The fourth-order valence-corrected chi connectivity index (χ4v) is 2.49. The fraction of sp³-hybridized carbons (Fsp3) is 0.556. The van der Waals surface area contributed by atoms with Crippen molar-refractivity contribution in [3.05, 3.63) is 47.5 Å². The van der Waals surface area contributed by atoms with Gasteiger partial charge in [0.05, 0.1) is 6.04 Å². The van der Waals surface area contributed by atoms with E-state index in [1.54, 1.807) is 0 Å². The monoisotopic (exact) mass is 291 g/mol. The van der Waals surface area contributed by atoms with Crippen LogP contribution in [0.15, 0.2) is 36.4 Å². The molecule has 0 radical (unpaired) electrons. The summed E-state index contributed by atoms with van der Waals surface area (Å²) in [6, 6.07) is 9.15. The van der Waals surface area contributed by atoms with Gasteiger partial charge in [-0.25, -0.2) is 0 Å². The lowest BCUT2D eigenvalue weighted by Gasteiger charge is -2.30. The van der Waals surface area contributed by atoms with Crippen molar-refractivity contribution in [2.75, 3.05) is 6.26 Å². The van der Waals surface area contributed by atoms with Crippen LogP contribution in [0.3, 0.4) is 0 Å². The van der Waals surface area contributed by atoms with E-state index in [4.69, 9.17) is 0 Å². The predicted molar refractivity (Wildman–Crippen MR) is 93.4 cm³/mol. The Balaban J connectivity index is 3.03. The first-order valence-corrected chi connectivity index (χ1v) is 8.38. The van der Waals surface area contributed by atoms with Crippen LogP contribution in [0.25, 0.3) is 0 Å². The van der Waals surface area contributed by atoms with E-state index >= 15 is 0 Å². The van der Waals surface area contributed by atoms with Gasteiger partial charge in [0.15, 0.2) is 0 Å². The highest BCUT2D eigenvalue weighted by molar-refractivity contribution is 7.99. The maximum Gasteiger partial charge on any atom is 0.0534 e. The molecule has 1 N–H and O–H groups in total. The Morgan fingerprint density at radius 1 is 1.10 bits per heavy atom. The molecule has 0 aliphatic rings. The molecule has 1 nitrogen and oxygen atoms in total. The summed E-state index contributed by atoms with van der Waals surface area (Å²) in [5.41, 5.74) is 3.87. The second-order valence-electron chi connectivity index (χ2n) is 7.01. The average molecular weight is 292 g/mol. The fourth-order valence-electron chi connectivity index (χ4n) is 2.12. The van der Waals surface area contributed by atoms with Gasteiger partial charge < -0.3 is 5.32 Å². The zero-order chi connectivity index (χ0) is 15.6. The number of hydrogen-bond donors (Lipinski definition) is 1. The van der Waals surface area contributed by atoms with Crippen LogP contribution in [-0.4, -0.2) is 11.8 Å². The van der Waals surface area contributed by atoms with Crippen LogP contribution in [0.2, 0.25) is 0 Å². The van der Waals surface area contributed by atoms with Gasteiger partial charge in [-0.3, -0.25) is 0 Å². The van der Waals surface area contributed by atoms with Crippen LogP contribution in [-0.2, 0) is 4.75 Å². The standard InChI is InChI=1S/C18H29NS/c1-13(2)16(19-17(3,4)5)14-9-11-15(12-10-14)18(6,7)20-8/h9-12,16,19H,1H2,2-8H3. The second-order valence-corrected chi connectivity index (χ2v) is 8.44. The molecule has 0 spiro atoms. The van der Waals surface area contributed by atoms with E-state index in [-0.39, 0.29) is 16.3 Å². The van der Waals surface area contributed by atoms with Gasteiger partial charge >= 0.3 is 0 Å². The van der Waals surface area contributed by atoms with Crippen molar-refractivity contribution in [1.29, 1.82) is 0 Å². The van der Waals surface area contributed by atoms with Crippen LogP contribution in [0.4, 0.5) is 0 Å². The average Bonchev–Trinajstić information content (AvgIpc) is 2.35. The molecule has 20 heavy (non-hydrogen) atoms. The van der Waals surface area contributed by atoms with Crippen molar-refractivity contribution in [2.45, 2.75) is 57.9 Å². The van der Waals surface area contributed by atoms with Crippen molar-refractivity contribution in [2.24, 2.45) is 0 Å². The number of rotatable bonds is 5. The third kappa shape index (κ3) is 4.68. The van der Waals surface area contributed by atoms with Crippen LogP contribution < -0.4 is 5.32 Å². The summed E-state index contributed by atoms with van der Waals surface area (Å²) >= 11 is 1.88. The predicted octanol–water partition coefficient (Wildman–Crippen LogP) is 5.29. The van der Waals surface area contributed by atoms with Gasteiger partial charge in [0, 0.05) is 10.3 Å². The quantitative estimate of drug-likeness (QED) is 0.740. The van der Waals surface area contributed by atoms with Crippen molar-refractivity contribution in [3.8, 4) is 0 Å². The summed E-state index contributed by atoms with van der Waals surface area (Å²) in [4.78, 5) is 0. The Hall–Kier alpha value is -0.730. The lowest BCUT2D eigenvalue weighted by atomic mass is 9.94. The van der Waals surface area contributed by atoms with Crippen molar-refractivity contribution < 1.29 is 0 Å². The highest BCUT2D eigenvalue weighted by atomic mass is 32.2. The third-order valence-electron chi connectivity index (χ3n) is 3.52. The number of nitrogens with one attached hydrogen (secondary N) is 1. The van der Waals surface area contributed by atoms with Gasteiger partial charge in [-0.05, 0) is 58.9 Å². The van der Waals surface area contributed by atoms with Gasteiger partial charge in [0.2, 0.25) is 0 Å². The second kappa shape index (κ2) is 6.36. The van der Waals surface area contributed by atoms with E-state index in [0.29, 0.717) is 0 Å². The third-order valence-corrected chi connectivity index (χ3v) is 4.78. The van der Waals surface area contributed by atoms with Gasteiger partial charge in [0.25, 0.3) is 0 Å². The highest BCUT2D eigenvalue weighted by Crippen LogP contribution is 2.34. The molecule has 0 bridgehead atoms. The summed E-state index contributed by atoms with van der Waals surface area (Å²) in [5, 5.41) is 3.64. The first-order valence-electron chi connectivity index (χ1n) is 7.15. The number of hydrogen-bond acceptors (Lipinski definition) is 2. The van der Waals surface area contributed by atoms with E-state index in [1.165, 1.54) is 11.1 Å². The zero-order valence-electron chi connectivity index (χ0n) is 14.0. The first-order chi connectivity index (χ1) is 9.07. The van der Waals surface area contributed by atoms with Crippen molar-refractivity contribution in [3.63, 3.8) is 0 Å². The van der Waals surface area contributed by atoms with E-state index in [2.05, 4.69) is 84.0 Å². The molecule has 1 aromatic rings. The Morgan fingerprint density at radius 3 is 1.95 bits per heavy atom. The smallest absolute Gasteiger partial charge is 0.0534 e. The molecule has 0 heterocycles. The minimum absolute atomic E-state index is 0.0703. The zero-order valence-corrected chi connectivity index (χ0v) is 14.8. The summed E-state index contributed by atoms with van der Waals surface area (Å²) < 4.78 is 0.161. The molecule has 0 amide bonds. The molecule has 0 aromatic heterocycles. The molecule has 0 aliphatic heterocycles. The summed E-state index contributed by atoms with van der Waals surface area (Å²) in [5.74, 6) is 0. The lowest BCUT2D eigenvalue weighted by molar-refractivity contribution is 0.388. The largest absolute Gasteiger partial charge is 0.302 e. The Morgan fingerprint density at radius 2 is 1.60 bits per heavy atom. The van der Waals surface area contributed by atoms with Crippen LogP contribution in [0, 0.1) is 0 Å². The maximum atomic E-state index is 4.14. The van der Waals surface area contributed by atoms with E-state index in [1.807, 2.05) is 11.8 Å². The normalized spacial score (nSPS) is 14.2. The van der Waals surface area contributed by atoms with E-state index < -0.39 is 0 Å². The first kappa shape index (κ1) is 17.3. The van der Waals surface area contributed by atoms with Crippen molar-refractivity contribution in [1.82, 2.24) is 5.32 Å². The van der Waals surface area contributed by atoms with Crippen molar-refractivity contribution >= 4 is 11.8 Å². The summed E-state index contributed by atoms with van der Waals surface area (Å²) in [7, 11) is 0. The Bertz CT molecular complexity index is 451. The van der Waals surface area contributed by atoms with E-state index in [0.717, 1.165) is 5.57 Å². The van der Waals surface area contributed by atoms with Gasteiger partial charge in [-0.15, -0.1) is 0 Å². The van der Waals surface area contributed by atoms with E-state index in [9.17, 15) is 0 Å².